The fourth-order valence-corrected chi connectivity index (χ4v) is 5.43. The van der Waals surface area contributed by atoms with Crippen LogP contribution in [0.3, 0.4) is 0 Å². The van der Waals surface area contributed by atoms with Crippen LogP contribution in [0.5, 0.6) is 11.5 Å². The number of aliphatic hydroxyl groups is 1. The number of esters is 1. The number of amides is 1. The molecule has 2 aromatic carbocycles. The molecule has 0 spiro atoms. The average Bonchev–Trinajstić information content (AvgIpc) is 3.40. The van der Waals surface area contributed by atoms with Crippen molar-refractivity contribution in [2.75, 3.05) is 24.7 Å². The van der Waals surface area contributed by atoms with Gasteiger partial charge < -0.3 is 19.3 Å². The van der Waals surface area contributed by atoms with Crippen LogP contribution >= 0.6 is 22.9 Å². The summed E-state index contributed by atoms with van der Waals surface area (Å²) in [4.78, 5) is 44.9. The van der Waals surface area contributed by atoms with E-state index in [0.717, 1.165) is 11.3 Å². The summed E-state index contributed by atoms with van der Waals surface area (Å²) in [7, 11) is 0. The van der Waals surface area contributed by atoms with E-state index in [-0.39, 0.29) is 33.5 Å². The first-order chi connectivity index (χ1) is 17.8. The van der Waals surface area contributed by atoms with Gasteiger partial charge in [0, 0.05) is 10.6 Å². The second kappa shape index (κ2) is 9.87. The highest BCUT2D eigenvalue weighted by Crippen LogP contribution is 2.45. The normalized spacial score (nSPS) is 18.2. The van der Waals surface area contributed by atoms with Gasteiger partial charge in [-0.25, -0.2) is 9.78 Å². The van der Waals surface area contributed by atoms with Gasteiger partial charge in [0.25, 0.3) is 5.78 Å². The lowest BCUT2D eigenvalue weighted by Crippen LogP contribution is -2.29. The first-order valence-electron chi connectivity index (χ1n) is 11.4. The van der Waals surface area contributed by atoms with Crippen molar-refractivity contribution in [1.82, 2.24) is 4.98 Å². The molecule has 3 aromatic rings. The number of thiazole rings is 1. The molecule has 3 heterocycles. The van der Waals surface area contributed by atoms with Gasteiger partial charge in [0.05, 0.1) is 23.9 Å². The van der Waals surface area contributed by atoms with E-state index < -0.39 is 23.7 Å². The minimum absolute atomic E-state index is 0.119. The number of aromatic nitrogens is 1. The Balaban J connectivity index is 1.67. The third kappa shape index (κ3) is 4.42. The van der Waals surface area contributed by atoms with Crippen LogP contribution in [0.1, 0.15) is 39.5 Å². The van der Waals surface area contributed by atoms with Crippen molar-refractivity contribution in [3.8, 4) is 11.5 Å². The van der Waals surface area contributed by atoms with Gasteiger partial charge in [-0.1, -0.05) is 35.1 Å². The number of ether oxygens (including phenoxy) is 3. The lowest BCUT2D eigenvalue weighted by Gasteiger charge is -2.23. The van der Waals surface area contributed by atoms with Crippen LogP contribution < -0.4 is 14.4 Å². The molecule has 1 amide bonds. The molecule has 11 heteroatoms. The topological polar surface area (TPSA) is 115 Å². The maximum absolute atomic E-state index is 13.4. The number of rotatable bonds is 5. The van der Waals surface area contributed by atoms with Crippen molar-refractivity contribution in [1.29, 1.82) is 0 Å². The Hall–Kier alpha value is -3.89. The van der Waals surface area contributed by atoms with Gasteiger partial charge in [0.15, 0.2) is 16.6 Å². The van der Waals surface area contributed by atoms with Gasteiger partial charge in [0.1, 0.15) is 23.9 Å². The predicted molar refractivity (Wildman–Crippen MR) is 136 cm³/mol. The second-order valence-corrected chi connectivity index (χ2v) is 9.63. The number of fused-ring (bicyclic) bond motifs is 1. The fourth-order valence-electron chi connectivity index (χ4n) is 4.24. The first-order valence-corrected chi connectivity index (χ1v) is 12.6. The lowest BCUT2D eigenvalue weighted by molar-refractivity contribution is -0.132. The van der Waals surface area contributed by atoms with E-state index in [9.17, 15) is 19.5 Å². The Bertz CT molecular complexity index is 1460. The molecule has 1 fully saturated rings. The zero-order valence-corrected chi connectivity index (χ0v) is 21.4. The maximum Gasteiger partial charge on any atom is 0.350 e. The first kappa shape index (κ1) is 24.8. The van der Waals surface area contributed by atoms with E-state index in [1.54, 1.807) is 56.3 Å². The molecule has 37 heavy (non-hydrogen) atoms. The van der Waals surface area contributed by atoms with E-state index >= 15 is 0 Å². The fraction of sp³-hybridized carbons (Fsp3) is 0.231. The van der Waals surface area contributed by atoms with Crippen molar-refractivity contribution in [2.24, 2.45) is 0 Å². The molecule has 1 saturated heterocycles. The molecule has 0 aliphatic carbocycles. The molecule has 2 aliphatic heterocycles. The number of carbonyl (C=O) groups excluding carboxylic acids is 3. The third-order valence-electron chi connectivity index (χ3n) is 5.88. The number of aliphatic hydroxyl groups excluding tert-OH is 1. The summed E-state index contributed by atoms with van der Waals surface area (Å²) in [5, 5.41) is 11.9. The van der Waals surface area contributed by atoms with Crippen molar-refractivity contribution in [3.63, 3.8) is 0 Å². The molecule has 5 rings (SSSR count). The minimum atomic E-state index is -1.05. The number of ketones is 1. The molecular formula is C26H21ClN2O7S. The standard InChI is InChI=1S/C26H21ClN2O7S/c1-3-34-25(33)23-13(2)28-26(37-23)29-20(14-5-4-6-16(27)11-14)19(22(31)24(29)32)21(30)15-7-8-17-18(12-15)36-10-9-35-17/h4-8,11-12,20,30H,3,9-10H2,1-2H3/b21-19+/t20-/m1/s1. The maximum atomic E-state index is 13.4. The van der Waals surface area contributed by atoms with Crippen molar-refractivity contribution >= 4 is 51.5 Å². The predicted octanol–water partition coefficient (Wildman–Crippen LogP) is 4.68. The van der Waals surface area contributed by atoms with Crippen LogP contribution in [-0.2, 0) is 14.3 Å². The highest BCUT2D eigenvalue weighted by molar-refractivity contribution is 7.17. The molecule has 2 aliphatic rings. The number of anilines is 1. The average molecular weight is 541 g/mol. The SMILES string of the molecule is CCOC(=O)c1sc(N2C(=O)C(=O)/C(=C(/O)c3ccc4c(c3)OCCO4)[C@H]2c2cccc(Cl)c2)nc1C. The monoisotopic (exact) mass is 540 g/mol. The number of benzene rings is 2. The summed E-state index contributed by atoms with van der Waals surface area (Å²) in [5.74, 6) is -1.83. The van der Waals surface area contributed by atoms with Gasteiger partial charge in [0.2, 0.25) is 0 Å². The number of Topliss-reactive ketones (excluding diaryl/α,β-unsaturated/α-hetero) is 1. The van der Waals surface area contributed by atoms with Crippen molar-refractivity contribution < 1.29 is 33.7 Å². The Morgan fingerprint density at radius 1 is 1.19 bits per heavy atom. The Morgan fingerprint density at radius 3 is 2.68 bits per heavy atom. The summed E-state index contributed by atoms with van der Waals surface area (Å²) < 4.78 is 16.2. The van der Waals surface area contributed by atoms with E-state index in [1.165, 1.54) is 4.90 Å². The summed E-state index contributed by atoms with van der Waals surface area (Å²) in [6.07, 6.45) is 0. The number of carbonyl (C=O) groups is 3. The Morgan fingerprint density at radius 2 is 1.95 bits per heavy atom. The van der Waals surface area contributed by atoms with Crippen molar-refractivity contribution in [2.45, 2.75) is 19.9 Å². The van der Waals surface area contributed by atoms with Crippen LogP contribution in [-0.4, -0.2) is 47.6 Å². The molecule has 1 aromatic heterocycles. The summed E-state index contributed by atoms with van der Waals surface area (Å²) in [6.45, 7) is 4.22. The largest absolute Gasteiger partial charge is 0.507 e. The third-order valence-corrected chi connectivity index (χ3v) is 7.25. The number of halogens is 1. The van der Waals surface area contributed by atoms with E-state index in [4.69, 9.17) is 25.8 Å². The molecule has 9 nitrogen and oxygen atoms in total. The van der Waals surface area contributed by atoms with Crippen LogP contribution in [0.25, 0.3) is 5.76 Å². The van der Waals surface area contributed by atoms with Crippen LogP contribution in [0, 0.1) is 6.92 Å². The number of aryl methyl sites for hydroxylation is 1. The van der Waals surface area contributed by atoms with Gasteiger partial charge in [-0.05, 0) is 49.7 Å². The number of nitrogens with zero attached hydrogens (tertiary/aromatic N) is 2. The van der Waals surface area contributed by atoms with Gasteiger partial charge in [-0.15, -0.1) is 0 Å². The molecule has 0 unspecified atom stereocenters. The quantitative estimate of drug-likeness (QED) is 0.215. The smallest absolute Gasteiger partial charge is 0.350 e. The molecule has 0 saturated carbocycles. The molecule has 1 atom stereocenters. The molecule has 1 N–H and O–H groups in total. The summed E-state index contributed by atoms with van der Waals surface area (Å²) in [5.41, 5.74) is 0.972. The van der Waals surface area contributed by atoms with Crippen LogP contribution in [0.15, 0.2) is 48.0 Å². The highest BCUT2D eigenvalue weighted by atomic mass is 35.5. The number of hydrogen-bond acceptors (Lipinski definition) is 9. The summed E-state index contributed by atoms with van der Waals surface area (Å²) >= 11 is 7.18. The van der Waals surface area contributed by atoms with Crippen molar-refractivity contribution in [3.05, 3.63) is 74.8 Å². The highest BCUT2D eigenvalue weighted by Gasteiger charge is 2.48. The molecule has 0 bridgehead atoms. The van der Waals surface area contributed by atoms with Gasteiger partial charge in [-0.3, -0.25) is 14.5 Å². The molecular weight excluding hydrogens is 520 g/mol. The van der Waals surface area contributed by atoms with Gasteiger partial charge in [-0.2, -0.15) is 0 Å². The van der Waals surface area contributed by atoms with Crippen LogP contribution in [0.4, 0.5) is 5.13 Å². The van der Waals surface area contributed by atoms with Gasteiger partial charge >= 0.3 is 11.9 Å². The lowest BCUT2D eigenvalue weighted by atomic mass is 9.95. The second-order valence-electron chi connectivity index (χ2n) is 8.21. The van der Waals surface area contributed by atoms with Crippen LogP contribution in [0.2, 0.25) is 5.02 Å². The Labute approximate surface area is 220 Å². The molecule has 0 radical (unpaired) electrons. The zero-order chi connectivity index (χ0) is 26.3. The van der Waals surface area contributed by atoms with E-state index in [0.29, 0.717) is 41.0 Å². The minimum Gasteiger partial charge on any atom is -0.507 e. The molecule has 190 valence electrons. The summed E-state index contributed by atoms with van der Waals surface area (Å²) in [6, 6.07) is 10.4. The number of hydrogen-bond donors (Lipinski definition) is 1. The van der Waals surface area contributed by atoms with E-state index in [1.807, 2.05) is 0 Å². The zero-order valence-electron chi connectivity index (χ0n) is 19.8. The van der Waals surface area contributed by atoms with E-state index in [2.05, 4.69) is 4.98 Å². The Kier molecular flexibility index (Phi) is 6.61.